The van der Waals surface area contributed by atoms with E-state index in [1.54, 1.807) is 0 Å². The second kappa shape index (κ2) is 4.81. The number of benzene rings is 2. The number of hydrogen-bond acceptors (Lipinski definition) is 0. The van der Waals surface area contributed by atoms with Gasteiger partial charge in [0.2, 0.25) is 0 Å². The molecule has 0 fully saturated rings. The zero-order valence-electron chi connectivity index (χ0n) is 11.4. The summed E-state index contributed by atoms with van der Waals surface area (Å²) >= 11 is 0. The van der Waals surface area contributed by atoms with Gasteiger partial charge in [0.05, 0.1) is 0 Å². The van der Waals surface area contributed by atoms with Gasteiger partial charge in [-0.15, -0.1) is 0 Å². The topological polar surface area (TPSA) is 0 Å². The molecule has 2 aromatic carbocycles. The Morgan fingerprint density at radius 1 is 0.833 bits per heavy atom. The molecule has 0 N–H and O–H groups in total. The highest BCUT2D eigenvalue weighted by Gasteiger charge is 2.22. The van der Waals surface area contributed by atoms with E-state index < -0.39 is 0 Å². The predicted molar refractivity (Wildman–Crippen MR) is 79.8 cm³/mol. The highest BCUT2D eigenvalue weighted by Crippen LogP contribution is 2.31. The van der Waals surface area contributed by atoms with Crippen molar-refractivity contribution in [3.8, 4) is 0 Å². The lowest BCUT2D eigenvalue weighted by atomic mass is 9.78. The average molecular weight is 236 g/mol. The van der Waals surface area contributed by atoms with E-state index in [2.05, 4.69) is 75.9 Å². The Morgan fingerprint density at radius 3 is 1.72 bits per heavy atom. The second-order valence-electron chi connectivity index (χ2n) is 5.32. The maximum Gasteiger partial charge on any atom is 0.0146 e. The summed E-state index contributed by atoms with van der Waals surface area (Å²) in [6.07, 6.45) is 1.88. The summed E-state index contributed by atoms with van der Waals surface area (Å²) in [5.41, 5.74) is 5.18. The number of aryl methyl sites for hydroxylation is 1. The molecular weight excluding hydrogens is 216 g/mol. The number of hydrogen-bond donors (Lipinski definition) is 0. The second-order valence-corrected chi connectivity index (χ2v) is 5.32. The molecule has 0 bridgehead atoms. The highest BCUT2D eigenvalue weighted by molar-refractivity contribution is 5.49. The summed E-state index contributed by atoms with van der Waals surface area (Å²) in [6.45, 7) is 10.4. The first-order valence-electron chi connectivity index (χ1n) is 6.34. The SMILES string of the molecule is C=Cc1ccc(C(C)(C)c2ccc(C)cc2)cc1. The quantitative estimate of drug-likeness (QED) is 0.706. The van der Waals surface area contributed by atoms with Gasteiger partial charge in [0.25, 0.3) is 0 Å². The molecule has 2 aromatic rings. The van der Waals surface area contributed by atoms with Crippen LogP contribution in [0.25, 0.3) is 6.08 Å². The maximum absolute atomic E-state index is 3.79. The largest absolute Gasteiger partial charge is 0.0985 e. The first-order chi connectivity index (χ1) is 8.54. The van der Waals surface area contributed by atoms with Gasteiger partial charge in [0.15, 0.2) is 0 Å². The van der Waals surface area contributed by atoms with E-state index in [0.717, 1.165) is 0 Å². The van der Waals surface area contributed by atoms with E-state index in [0.29, 0.717) is 0 Å². The van der Waals surface area contributed by atoms with Crippen LogP contribution in [0.2, 0.25) is 0 Å². The van der Waals surface area contributed by atoms with E-state index in [9.17, 15) is 0 Å². The first-order valence-corrected chi connectivity index (χ1v) is 6.34. The summed E-state index contributed by atoms with van der Waals surface area (Å²) in [4.78, 5) is 0. The maximum atomic E-state index is 3.79. The lowest BCUT2D eigenvalue weighted by Gasteiger charge is -2.26. The van der Waals surface area contributed by atoms with Gasteiger partial charge in [-0.1, -0.05) is 80.6 Å². The first kappa shape index (κ1) is 12.6. The molecule has 0 amide bonds. The van der Waals surface area contributed by atoms with Crippen molar-refractivity contribution < 1.29 is 0 Å². The normalized spacial score (nSPS) is 11.3. The summed E-state index contributed by atoms with van der Waals surface area (Å²) in [5.74, 6) is 0. The van der Waals surface area contributed by atoms with Gasteiger partial charge in [0, 0.05) is 5.41 Å². The molecule has 0 spiro atoms. The third-order valence-corrected chi connectivity index (χ3v) is 3.64. The van der Waals surface area contributed by atoms with E-state index in [4.69, 9.17) is 0 Å². The molecule has 0 aromatic heterocycles. The smallest absolute Gasteiger partial charge is 0.0146 e. The Kier molecular flexibility index (Phi) is 3.38. The van der Waals surface area contributed by atoms with Crippen molar-refractivity contribution in [2.75, 3.05) is 0 Å². The fourth-order valence-corrected chi connectivity index (χ4v) is 2.17. The van der Waals surface area contributed by atoms with Gasteiger partial charge >= 0.3 is 0 Å². The van der Waals surface area contributed by atoms with Crippen molar-refractivity contribution in [1.82, 2.24) is 0 Å². The van der Waals surface area contributed by atoms with Crippen LogP contribution in [0.15, 0.2) is 55.1 Å². The minimum atomic E-state index is 0.0351. The Balaban J connectivity index is 2.39. The molecule has 0 saturated heterocycles. The third kappa shape index (κ3) is 2.38. The lowest BCUT2D eigenvalue weighted by Crippen LogP contribution is -2.18. The molecule has 0 unspecified atom stereocenters. The van der Waals surface area contributed by atoms with Crippen LogP contribution in [0.1, 0.15) is 36.1 Å². The van der Waals surface area contributed by atoms with Gasteiger partial charge in [-0.3, -0.25) is 0 Å². The summed E-state index contributed by atoms with van der Waals surface area (Å²) in [6, 6.07) is 17.4. The number of rotatable bonds is 3. The molecular formula is C18H20. The summed E-state index contributed by atoms with van der Waals surface area (Å²) < 4.78 is 0. The minimum Gasteiger partial charge on any atom is -0.0985 e. The Hall–Kier alpha value is -1.82. The molecule has 0 aliphatic rings. The zero-order valence-corrected chi connectivity index (χ0v) is 11.4. The van der Waals surface area contributed by atoms with E-state index >= 15 is 0 Å². The van der Waals surface area contributed by atoms with Gasteiger partial charge in [-0.05, 0) is 23.6 Å². The van der Waals surface area contributed by atoms with Crippen molar-refractivity contribution in [3.63, 3.8) is 0 Å². The van der Waals surface area contributed by atoms with Gasteiger partial charge in [0.1, 0.15) is 0 Å². The van der Waals surface area contributed by atoms with E-state index in [1.165, 1.54) is 22.3 Å². The van der Waals surface area contributed by atoms with Crippen molar-refractivity contribution in [2.24, 2.45) is 0 Å². The monoisotopic (exact) mass is 236 g/mol. The summed E-state index contributed by atoms with van der Waals surface area (Å²) in [7, 11) is 0. The van der Waals surface area contributed by atoms with Crippen molar-refractivity contribution in [1.29, 1.82) is 0 Å². The molecule has 0 nitrogen and oxygen atoms in total. The molecule has 92 valence electrons. The molecule has 2 rings (SSSR count). The standard InChI is InChI=1S/C18H20/c1-5-15-8-12-17(13-9-15)18(3,4)16-10-6-14(2)7-11-16/h5-13H,1H2,2-4H3. The van der Waals surface area contributed by atoms with Crippen LogP contribution in [-0.2, 0) is 5.41 Å². The lowest BCUT2D eigenvalue weighted by molar-refractivity contribution is 0.640. The molecule has 0 aliphatic heterocycles. The Morgan fingerprint density at radius 2 is 1.28 bits per heavy atom. The molecule has 0 atom stereocenters. The fraction of sp³-hybridized carbons (Fsp3) is 0.222. The fourth-order valence-electron chi connectivity index (χ4n) is 2.17. The van der Waals surface area contributed by atoms with E-state index in [-0.39, 0.29) is 5.41 Å². The van der Waals surface area contributed by atoms with Crippen molar-refractivity contribution in [2.45, 2.75) is 26.2 Å². The molecule has 0 aliphatic carbocycles. The van der Waals surface area contributed by atoms with Crippen LogP contribution >= 0.6 is 0 Å². The highest BCUT2D eigenvalue weighted by atomic mass is 14.3. The Labute approximate surface area is 110 Å². The predicted octanol–water partition coefficient (Wildman–Crippen LogP) is 4.96. The molecule has 0 heterocycles. The van der Waals surface area contributed by atoms with Gasteiger partial charge in [-0.25, -0.2) is 0 Å². The molecule has 0 heteroatoms. The van der Waals surface area contributed by atoms with Gasteiger partial charge < -0.3 is 0 Å². The third-order valence-electron chi connectivity index (χ3n) is 3.64. The van der Waals surface area contributed by atoms with Crippen LogP contribution in [-0.4, -0.2) is 0 Å². The van der Waals surface area contributed by atoms with Crippen LogP contribution in [0.4, 0.5) is 0 Å². The van der Waals surface area contributed by atoms with Crippen molar-refractivity contribution in [3.05, 3.63) is 77.4 Å². The molecule has 18 heavy (non-hydrogen) atoms. The average Bonchev–Trinajstić information content (AvgIpc) is 2.39. The minimum absolute atomic E-state index is 0.0351. The van der Waals surface area contributed by atoms with Crippen LogP contribution in [0, 0.1) is 6.92 Å². The van der Waals surface area contributed by atoms with Gasteiger partial charge in [-0.2, -0.15) is 0 Å². The van der Waals surface area contributed by atoms with Crippen molar-refractivity contribution >= 4 is 6.08 Å². The Bertz CT molecular complexity index is 527. The van der Waals surface area contributed by atoms with Crippen LogP contribution in [0.3, 0.4) is 0 Å². The van der Waals surface area contributed by atoms with Crippen LogP contribution < -0.4 is 0 Å². The molecule has 0 radical (unpaired) electrons. The molecule has 0 saturated carbocycles. The summed E-state index contributed by atoms with van der Waals surface area (Å²) in [5, 5.41) is 0. The van der Waals surface area contributed by atoms with E-state index in [1.807, 2.05) is 6.08 Å². The zero-order chi connectivity index (χ0) is 13.2. The van der Waals surface area contributed by atoms with Crippen LogP contribution in [0.5, 0.6) is 0 Å².